The molecule has 0 saturated carbocycles. The Kier molecular flexibility index (Phi) is 4.78. The Bertz CT molecular complexity index is 491. The molecule has 2 heterocycles. The number of carbonyl (C=O) groups excluding carboxylic acids is 1. The lowest BCUT2D eigenvalue weighted by atomic mass is 10.2. The van der Waals surface area contributed by atoms with Crippen molar-refractivity contribution in [3.05, 3.63) is 11.6 Å². The van der Waals surface area contributed by atoms with Gasteiger partial charge in [-0.15, -0.1) is 0 Å². The molecule has 0 spiro atoms. The van der Waals surface area contributed by atoms with Crippen molar-refractivity contribution in [2.45, 2.75) is 19.2 Å². The first-order chi connectivity index (χ1) is 9.85. The van der Waals surface area contributed by atoms with Crippen molar-refractivity contribution in [1.29, 1.82) is 0 Å². The van der Waals surface area contributed by atoms with Gasteiger partial charge in [-0.2, -0.15) is 18.3 Å². The molecule has 1 saturated heterocycles. The van der Waals surface area contributed by atoms with Gasteiger partial charge in [-0.3, -0.25) is 9.89 Å². The zero-order chi connectivity index (χ0) is 15.5. The van der Waals surface area contributed by atoms with E-state index < -0.39 is 31.4 Å². The minimum Gasteiger partial charge on any atom is -0.366 e. The van der Waals surface area contributed by atoms with Crippen LogP contribution in [0.5, 0.6) is 0 Å². The third kappa shape index (κ3) is 4.67. The van der Waals surface area contributed by atoms with Gasteiger partial charge in [0, 0.05) is 6.54 Å². The van der Waals surface area contributed by atoms with E-state index in [0.29, 0.717) is 18.2 Å². The normalized spacial score (nSPS) is 19.8. The van der Waals surface area contributed by atoms with Crippen molar-refractivity contribution in [2.24, 2.45) is 0 Å². The Morgan fingerprint density at radius 2 is 2.33 bits per heavy atom. The van der Waals surface area contributed by atoms with E-state index in [0.717, 1.165) is 0 Å². The lowest BCUT2D eigenvalue weighted by molar-refractivity contribution is -0.179. The number of nitrogens with zero attached hydrogens (tertiary/aromatic N) is 3. The summed E-state index contributed by atoms with van der Waals surface area (Å²) in [5.74, 6) is 0.520. The number of hydrogen-bond donors (Lipinski definition) is 1. The van der Waals surface area contributed by atoms with Crippen LogP contribution in [0.15, 0.2) is 0 Å². The van der Waals surface area contributed by atoms with Gasteiger partial charge in [-0.05, 0) is 6.92 Å². The van der Waals surface area contributed by atoms with E-state index in [2.05, 4.69) is 19.9 Å². The van der Waals surface area contributed by atoms with Gasteiger partial charge in [0.1, 0.15) is 25.1 Å². The lowest BCUT2D eigenvalue weighted by Crippen LogP contribution is -2.44. The number of ether oxygens (including phenoxy) is 2. The molecule has 1 amide bonds. The van der Waals surface area contributed by atoms with Crippen LogP contribution < -0.4 is 0 Å². The summed E-state index contributed by atoms with van der Waals surface area (Å²) >= 11 is 0. The number of halogens is 3. The molecule has 1 aromatic rings. The zero-order valence-corrected chi connectivity index (χ0v) is 11.3. The standard InChI is InChI=1S/C11H15F3N4O3/c1-7-15-10(17-16-7)8-4-18(2-3-21-8)9(19)5-20-6-11(12,13)14/h8H,2-6H2,1H3,(H,15,16,17)/t8-/m0/s1. The summed E-state index contributed by atoms with van der Waals surface area (Å²) in [7, 11) is 0. The monoisotopic (exact) mass is 308 g/mol. The Hall–Kier alpha value is -1.68. The fraction of sp³-hybridized carbons (Fsp3) is 0.727. The quantitative estimate of drug-likeness (QED) is 0.880. The number of aromatic nitrogens is 3. The molecule has 1 aliphatic rings. The van der Waals surface area contributed by atoms with Gasteiger partial charge in [0.25, 0.3) is 0 Å². The SMILES string of the molecule is Cc1nc([C@@H]2CN(C(=O)COCC(F)(F)F)CCO2)n[nH]1. The summed E-state index contributed by atoms with van der Waals surface area (Å²) in [6.45, 7) is 0.433. The van der Waals surface area contributed by atoms with Gasteiger partial charge in [0.2, 0.25) is 5.91 Å². The first-order valence-corrected chi connectivity index (χ1v) is 6.28. The number of aryl methyl sites for hydroxylation is 1. The summed E-state index contributed by atoms with van der Waals surface area (Å²) in [5.41, 5.74) is 0. The number of carbonyl (C=O) groups is 1. The molecule has 1 atom stereocenters. The van der Waals surface area contributed by atoms with Crippen LogP contribution >= 0.6 is 0 Å². The largest absolute Gasteiger partial charge is 0.411 e. The van der Waals surface area contributed by atoms with Crippen LogP contribution in [0.2, 0.25) is 0 Å². The van der Waals surface area contributed by atoms with Gasteiger partial charge < -0.3 is 14.4 Å². The van der Waals surface area contributed by atoms with Crippen molar-refractivity contribution in [1.82, 2.24) is 20.1 Å². The Morgan fingerprint density at radius 3 is 2.95 bits per heavy atom. The van der Waals surface area contributed by atoms with Gasteiger partial charge in [-0.25, -0.2) is 4.98 Å². The van der Waals surface area contributed by atoms with Crippen LogP contribution in [0.4, 0.5) is 13.2 Å². The van der Waals surface area contributed by atoms with E-state index in [9.17, 15) is 18.0 Å². The van der Waals surface area contributed by atoms with Crippen molar-refractivity contribution in [3.63, 3.8) is 0 Å². The van der Waals surface area contributed by atoms with Crippen LogP contribution in [0, 0.1) is 6.92 Å². The first kappa shape index (κ1) is 15.7. The maximum absolute atomic E-state index is 11.9. The number of hydrogen-bond acceptors (Lipinski definition) is 5. The predicted octanol–water partition coefficient (Wildman–Crippen LogP) is 0.592. The molecule has 21 heavy (non-hydrogen) atoms. The number of morpholine rings is 1. The maximum atomic E-state index is 11.9. The highest BCUT2D eigenvalue weighted by atomic mass is 19.4. The molecule has 0 aromatic carbocycles. The molecule has 1 aromatic heterocycles. The van der Waals surface area contributed by atoms with Crippen LogP contribution in [-0.2, 0) is 14.3 Å². The van der Waals surface area contributed by atoms with E-state index in [1.807, 2.05) is 0 Å². The predicted molar refractivity (Wildman–Crippen MR) is 63.3 cm³/mol. The molecule has 1 fully saturated rings. The number of alkyl halides is 3. The molecule has 0 bridgehead atoms. The topological polar surface area (TPSA) is 80.3 Å². The highest BCUT2D eigenvalue weighted by Gasteiger charge is 2.30. The minimum absolute atomic E-state index is 0.186. The molecular weight excluding hydrogens is 293 g/mol. The highest BCUT2D eigenvalue weighted by Crippen LogP contribution is 2.19. The lowest BCUT2D eigenvalue weighted by Gasteiger charge is -2.31. The molecule has 2 rings (SSSR count). The van der Waals surface area contributed by atoms with Crippen LogP contribution in [0.25, 0.3) is 0 Å². The Morgan fingerprint density at radius 1 is 1.57 bits per heavy atom. The van der Waals surface area contributed by atoms with E-state index >= 15 is 0 Å². The van der Waals surface area contributed by atoms with Crippen molar-refractivity contribution >= 4 is 5.91 Å². The molecule has 0 radical (unpaired) electrons. The second kappa shape index (κ2) is 6.39. The van der Waals surface area contributed by atoms with Crippen molar-refractivity contribution < 1.29 is 27.4 Å². The number of nitrogens with one attached hydrogen (secondary N) is 1. The second-order valence-electron chi connectivity index (χ2n) is 4.59. The molecule has 118 valence electrons. The van der Waals surface area contributed by atoms with Gasteiger partial charge >= 0.3 is 6.18 Å². The number of amides is 1. The Balaban J connectivity index is 1.84. The van der Waals surface area contributed by atoms with Gasteiger partial charge in [-0.1, -0.05) is 0 Å². The van der Waals surface area contributed by atoms with Crippen LogP contribution in [-0.4, -0.2) is 65.1 Å². The van der Waals surface area contributed by atoms with E-state index in [4.69, 9.17) is 4.74 Å². The summed E-state index contributed by atoms with van der Waals surface area (Å²) in [5, 5.41) is 6.62. The fourth-order valence-electron chi connectivity index (χ4n) is 1.88. The molecule has 0 aliphatic carbocycles. The summed E-state index contributed by atoms with van der Waals surface area (Å²) in [4.78, 5) is 17.3. The third-order valence-corrected chi connectivity index (χ3v) is 2.81. The molecule has 1 N–H and O–H groups in total. The minimum atomic E-state index is -4.44. The van der Waals surface area contributed by atoms with Crippen LogP contribution in [0.1, 0.15) is 17.8 Å². The van der Waals surface area contributed by atoms with Gasteiger partial charge in [0.15, 0.2) is 5.82 Å². The number of rotatable bonds is 4. The smallest absolute Gasteiger partial charge is 0.366 e. The van der Waals surface area contributed by atoms with Crippen molar-refractivity contribution in [3.8, 4) is 0 Å². The van der Waals surface area contributed by atoms with Gasteiger partial charge in [0.05, 0.1) is 13.2 Å². The average molecular weight is 308 g/mol. The molecular formula is C11H15F3N4O3. The molecule has 10 heteroatoms. The van der Waals surface area contributed by atoms with E-state index in [1.54, 1.807) is 6.92 Å². The summed E-state index contributed by atoms with van der Waals surface area (Å²) in [6.07, 6.45) is -4.93. The maximum Gasteiger partial charge on any atom is 0.411 e. The third-order valence-electron chi connectivity index (χ3n) is 2.81. The molecule has 1 aliphatic heterocycles. The average Bonchev–Trinajstić information content (AvgIpc) is 2.84. The van der Waals surface area contributed by atoms with E-state index in [1.165, 1.54) is 4.90 Å². The van der Waals surface area contributed by atoms with Crippen LogP contribution in [0.3, 0.4) is 0 Å². The Labute approximate surface area is 118 Å². The first-order valence-electron chi connectivity index (χ1n) is 6.28. The van der Waals surface area contributed by atoms with Crippen molar-refractivity contribution in [2.75, 3.05) is 32.9 Å². The fourth-order valence-corrected chi connectivity index (χ4v) is 1.88. The molecule has 0 unspecified atom stereocenters. The summed E-state index contributed by atoms with van der Waals surface area (Å²) < 4.78 is 45.7. The highest BCUT2D eigenvalue weighted by molar-refractivity contribution is 5.77. The zero-order valence-electron chi connectivity index (χ0n) is 11.3. The molecule has 7 nitrogen and oxygen atoms in total. The van der Waals surface area contributed by atoms with E-state index in [-0.39, 0.29) is 13.2 Å². The summed E-state index contributed by atoms with van der Waals surface area (Å²) in [6, 6.07) is 0. The number of aromatic amines is 1. The second-order valence-corrected chi connectivity index (χ2v) is 4.59. The number of H-pyrrole nitrogens is 1.